The third kappa shape index (κ3) is 10.9. The Balaban J connectivity index is 1.24. The molecule has 1 aliphatic rings. The fraction of sp³-hybridized carbons (Fsp3) is 0.381. The first-order valence-corrected chi connectivity index (χ1v) is 18.3. The van der Waals surface area contributed by atoms with Gasteiger partial charge in [0.15, 0.2) is 6.61 Å². The summed E-state index contributed by atoms with van der Waals surface area (Å²) in [6.07, 6.45) is 16.9. The van der Waals surface area contributed by atoms with Crippen molar-refractivity contribution in [2.45, 2.75) is 77.6 Å². The van der Waals surface area contributed by atoms with Crippen LogP contribution < -0.4 is 10.1 Å². The molecule has 1 aromatic heterocycles. The van der Waals surface area contributed by atoms with Gasteiger partial charge >= 0.3 is 5.97 Å². The van der Waals surface area contributed by atoms with Crippen LogP contribution in [0.15, 0.2) is 84.0 Å². The molecule has 0 saturated carbocycles. The number of ether oxygens (including phenoxy) is 1. The molecule has 0 radical (unpaired) electrons. The lowest BCUT2D eigenvalue weighted by Crippen LogP contribution is -2.21. The Bertz CT molecular complexity index is 1770. The molecule has 268 valence electrons. The molecule has 1 aliphatic heterocycles. The molecule has 0 spiro atoms. The Morgan fingerprint density at radius 2 is 1.43 bits per heavy atom. The van der Waals surface area contributed by atoms with Crippen LogP contribution in [0, 0.1) is 0 Å². The van der Waals surface area contributed by atoms with Crippen LogP contribution in [0.3, 0.4) is 0 Å². The van der Waals surface area contributed by atoms with Crippen LogP contribution in [0.1, 0.15) is 88.7 Å². The van der Waals surface area contributed by atoms with E-state index in [0.29, 0.717) is 18.9 Å². The van der Waals surface area contributed by atoms with E-state index in [4.69, 9.17) is 19.7 Å². The van der Waals surface area contributed by atoms with E-state index in [0.717, 1.165) is 70.0 Å². The molecule has 1 amide bonds. The third-order valence-electron chi connectivity index (χ3n) is 9.11. The SMILES string of the molecule is CCCCCCCCCCCCNC(=O)C=Cc1ccc(-c2c(-c3ccc(OCC(=O)O)cc3)nc(-c3ccc(C4=NOCC4)cc3)n2C)cc1. The summed E-state index contributed by atoms with van der Waals surface area (Å²) in [5.74, 6) is 0.155. The van der Waals surface area contributed by atoms with Gasteiger partial charge in [-0.3, -0.25) is 4.79 Å². The number of oxime groups is 1. The van der Waals surface area contributed by atoms with Crippen molar-refractivity contribution in [2.24, 2.45) is 12.2 Å². The molecule has 0 fully saturated rings. The second-order valence-corrected chi connectivity index (χ2v) is 13.0. The molecule has 9 nitrogen and oxygen atoms in total. The van der Waals surface area contributed by atoms with E-state index < -0.39 is 12.6 Å². The Kier molecular flexibility index (Phi) is 14.0. The molecule has 2 N–H and O–H groups in total. The standard InChI is InChI=1S/C42H50N4O5/c1-3-4-5-6-7-8-9-10-11-12-28-43-38(47)26-15-31-13-16-34(17-14-31)41-40(33-22-24-36(25-23-33)50-30-39(48)49)44-42(46(41)2)35-20-18-32(19-21-35)37-27-29-51-45-37/h13-26H,3-12,27-30H2,1-2H3,(H,43,47)(H,48,49). The Labute approximate surface area is 301 Å². The number of carbonyl (C=O) groups excluding carboxylic acids is 1. The van der Waals surface area contributed by atoms with E-state index in [9.17, 15) is 9.59 Å². The summed E-state index contributed by atoms with van der Waals surface area (Å²) >= 11 is 0. The van der Waals surface area contributed by atoms with Crippen LogP contribution in [-0.4, -0.2) is 52.0 Å². The number of aromatic nitrogens is 2. The van der Waals surface area contributed by atoms with Gasteiger partial charge in [0.25, 0.3) is 0 Å². The number of hydrogen-bond donors (Lipinski definition) is 2. The largest absolute Gasteiger partial charge is 0.482 e. The minimum absolute atomic E-state index is 0.0807. The van der Waals surface area contributed by atoms with Crippen LogP contribution >= 0.6 is 0 Å². The van der Waals surface area contributed by atoms with Gasteiger partial charge in [0.2, 0.25) is 5.91 Å². The van der Waals surface area contributed by atoms with Gasteiger partial charge in [-0.2, -0.15) is 0 Å². The highest BCUT2D eigenvalue weighted by Gasteiger charge is 2.20. The number of nitrogens with one attached hydrogen (secondary N) is 1. The third-order valence-corrected chi connectivity index (χ3v) is 9.11. The highest BCUT2D eigenvalue weighted by molar-refractivity contribution is 6.01. The van der Waals surface area contributed by atoms with Gasteiger partial charge in [-0.1, -0.05) is 118 Å². The lowest BCUT2D eigenvalue weighted by Gasteiger charge is -2.10. The number of imidazole rings is 1. The predicted molar refractivity (Wildman–Crippen MR) is 204 cm³/mol. The molecule has 4 aromatic rings. The van der Waals surface area contributed by atoms with Crippen LogP contribution in [0.4, 0.5) is 0 Å². The zero-order valence-corrected chi connectivity index (χ0v) is 29.9. The van der Waals surface area contributed by atoms with Crippen molar-refractivity contribution in [3.8, 4) is 39.7 Å². The van der Waals surface area contributed by atoms with Crippen molar-refractivity contribution in [3.05, 3.63) is 90.0 Å². The first-order chi connectivity index (χ1) is 24.9. The van der Waals surface area contributed by atoms with Gasteiger partial charge < -0.3 is 24.6 Å². The molecular formula is C42H50N4O5. The molecule has 0 saturated heterocycles. The topological polar surface area (TPSA) is 115 Å². The van der Waals surface area contributed by atoms with Crippen LogP contribution in [0.2, 0.25) is 0 Å². The number of amides is 1. The minimum atomic E-state index is -1.03. The molecule has 0 bridgehead atoms. The summed E-state index contributed by atoms with van der Waals surface area (Å²) in [4.78, 5) is 33.8. The van der Waals surface area contributed by atoms with Crippen molar-refractivity contribution in [1.29, 1.82) is 0 Å². The number of carboxylic acids is 1. The van der Waals surface area contributed by atoms with Gasteiger partial charge in [0.05, 0.1) is 17.1 Å². The van der Waals surface area contributed by atoms with E-state index in [1.54, 1.807) is 18.2 Å². The molecule has 0 aliphatic carbocycles. The average Bonchev–Trinajstić information content (AvgIpc) is 3.81. The van der Waals surface area contributed by atoms with Crippen molar-refractivity contribution >= 4 is 23.7 Å². The smallest absolute Gasteiger partial charge is 0.341 e. The summed E-state index contributed by atoms with van der Waals surface area (Å²) in [7, 11) is 2.00. The van der Waals surface area contributed by atoms with E-state index in [-0.39, 0.29) is 5.91 Å². The normalized spacial score (nSPS) is 12.5. The summed E-state index contributed by atoms with van der Waals surface area (Å²) < 4.78 is 7.44. The quantitative estimate of drug-likeness (QED) is 0.0707. The Morgan fingerprint density at radius 3 is 2.06 bits per heavy atom. The number of hydrogen-bond acceptors (Lipinski definition) is 6. The van der Waals surface area contributed by atoms with Gasteiger partial charge in [-0.05, 0) is 47.9 Å². The maximum Gasteiger partial charge on any atom is 0.341 e. The van der Waals surface area contributed by atoms with Crippen molar-refractivity contribution in [1.82, 2.24) is 14.9 Å². The monoisotopic (exact) mass is 690 g/mol. The fourth-order valence-corrected chi connectivity index (χ4v) is 6.27. The fourth-order valence-electron chi connectivity index (χ4n) is 6.27. The van der Waals surface area contributed by atoms with Gasteiger partial charge in [0, 0.05) is 42.8 Å². The maximum atomic E-state index is 12.5. The van der Waals surface area contributed by atoms with Crippen molar-refractivity contribution in [2.75, 3.05) is 19.8 Å². The number of carboxylic acid groups (broad SMARTS) is 1. The van der Waals surface area contributed by atoms with E-state index in [1.807, 2.05) is 73.8 Å². The summed E-state index contributed by atoms with van der Waals surface area (Å²) in [6.45, 7) is 3.14. The summed E-state index contributed by atoms with van der Waals surface area (Å²) in [6, 6.07) is 23.5. The molecule has 0 atom stereocenters. The number of carbonyl (C=O) groups is 2. The summed E-state index contributed by atoms with van der Waals surface area (Å²) in [5.41, 5.74) is 7.38. The van der Waals surface area contributed by atoms with E-state index in [1.165, 1.54) is 51.4 Å². The first kappa shape index (κ1) is 37.1. The van der Waals surface area contributed by atoms with Crippen LogP contribution in [-0.2, 0) is 21.5 Å². The zero-order chi connectivity index (χ0) is 35.8. The lowest BCUT2D eigenvalue weighted by molar-refractivity contribution is -0.139. The van der Waals surface area contributed by atoms with Crippen molar-refractivity contribution < 1.29 is 24.3 Å². The Hall–Kier alpha value is -5.18. The molecule has 3 aromatic carbocycles. The number of aliphatic carboxylic acids is 1. The molecular weight excluding hydrogens is 640 g/mol. The molecule has 9 heteroatoms. The first-order valence-electron chi connectivity index (χ1n) is 18.3. The average molecular weight is 691 g/mol. The van der Waals surface area contributed by atoms with Crippen LogP contribution in [0.5, 0.6) is 5.75 Å². The predicted octanol–water partition coefficient (Wildman–Crippen LogP) is 9.06. The molecule has 2 heterocycles. The van der Waals surface area contributed by atoms with Gasteiger partial charge in [-0.15, -0.1) is 0 Å². The molecule has 51 heavy (non-hydrogen) atoms. The second-order valence-electron chi connectivity index (χ2n) is 13.0. The number of unbranched alkanes of at least 4 members (excludes halogenated alkanes) is 9. The highest BCUT2D eigenvalue weighted by Crippen LogP contribution is 2.36. The van der Waals surface area contributed by atoms with Crippen LogP contribution in [0.25, 0.3) is 40.0 Å². The number of benzene rings is 3. The maximum absolute atomic E-state index is 12.5. The lowest BCUT2D eigenvalue weighted by atomic mass is 10.0. The zero-order valence-electron chi connectivity index (χ0n) is 29.9. The molecule has 0 unspecified atom stereocenters. The van der Waals surface area contributed by atoms with Gasteiger partial charge in [-0.25, -0.2) is 9.78 Å². The molecule has 5 rings (SSSR count). The highest BCUT2D eigenvalue weighted by atomic mass is 16.6. The second kappa shape index (κ2) is 19.3. The van der Waals surface area contributed by atoms with E-state index >= 15 is 0 Å². The number of nitrogens with zero attached hydrogens (tertiary/aromatic N) is 3. The van der Waals surface area contributed by atoms with Crippen molar-refractivity contribution in [3.63, 3.8) is 0 Å². The Morgan fingerprint density at radius 1 is 0.824 bits per heavy atom. The van der Waals surface area contributed by atoms with Gasteiger partial charge in [0.1, 0.15) is 18.2 Å². The number of rotatable bonds is 20. The minimum Gasteiger partial charge on any atom is -0.482 e. The van der Waals surface area contributed by atoms with E-state index in [2.05, 4.69) is 22.0 Å². The summed E-state index contributed by atoms with van der Waals surface area (Å²) in [5, 5.41) is 16.2.